The van der Waals surface area contributed by atoms with Crippen LogP contribution in [-0.2, 0) is 13.0 Å². The summed E-state index contributed by atoms with van der Waals surface area (Å²) < 4.78 is 2.32. The Bertz CT molecular complexity index is 1000. The standard InChI is InChI=1S/C20H17N5/c21-12-14-5-4-6-15(13-22)20(14)23-16-8-9-18-17(11-16)24-19-7-2-1-3-10-25(18)19/h4-6,8-9,11,23H,1-3,7,10H2. The van der Waals surface area contributed by atoms with Crippen molar-refractivity contribution in [2.24, 2.45) is 0 Å². The minimum atomic E-state index is 0.458. The number of fused-ring (bicyclic) bond motifs is 3. The Morgan fingerprint density at radius 1 is 1.00 bits per heavy atom. The summed E-state index contributed by atoms with van der Waals surface area (Å²) in [5, 5.41) is 21.9. The molecule has 0 unspecified atom stereocenters. The Morgan fingerprint density at radius 2 is 1.80 bits per heavy atom. The van der Waals surface area contributed by atoms with Gasteiger partial charge in [-0.1, -0.05) is 12.5 Å². The number of aromatic nitrogens is 2. The summed E-state index contributed by atoms with van der Waals surface area (Å²) in [6.45, 7) is 1.02. The molecule has 0 saturated heterocycles. The fourth-order valence-corrected chi connectivity index (χ4v) is 3.45. The van der Waals surface area contributed by atoms with Crippen LogP contribution in [0.2, 0.25) is 0 Å². The molecule has 0 saturated carbocycles. The number of nitrogens with one attached hydrogen (secondary N) is 1. The first-order chi connectivity index (χ1) is 12.3. The first-order valence-corrected chi connectivity index (χ1v) is 8.49. The van der Waals surface area contributed by atoms with Crippen LogP contribution < -0.4 is 5.32 Å². The van der Waals surface area contributed by atoms with E-state index >= 15 is 0 Å². The van der Waals surface area contributed by atoms with Crippen molar-refractivity contribution in [2.45, 2.75) is 32.2 Å². The fourth-order valence-electron chi connectivity index (χ4n) is 3.45. The predicted octanol–water partition coefficient (Wildman–Crippen LogP) is 4.25. The highest BCUT2D eigenvalue weighted by Crippen LogP contribution is 2.28. The first kappa shape index (κ1) is 15.2. The van der Waals surface area contributed by atoms with Gasteiger partial charge in [-0.05, 0) is 43.2 Å². The second-order valence-corrected chi connectivity index (χ2v) is 6.27. The van der Waals surface area contributed by atoms with Gasteiger partial charge in [0.15, 0.2) is 0 Å². The topological polar surface area (TPSA) is 77.4 Å². The quantitative estimate of drug-likeness (QED) is 0.763. The third-order valence-corrected chi connectivity index (χ3v) is 4.68. The van der Waals surface area contributed by atoms with Gasteiger partial charge < -0.3 is 9.88 Å². The molecule has 1 aliphatic rings. The molecule has 0 atom stereocenters. The molecular weight excluding hydrogens is 310 g/mol. The summed E-state index contributed by atoms with van der Waals surface area (Å²) in [7, 11) is 0. The van der Waals surface area contributed by atoms with Gasteiger partial charge in [-0.25, -0.2) is 4.98 Å². The number of nitrogens with zero attached hydrogens (tertiary/aromatic N) is 4. The zero-order valence-electron chi connectivity index (χ0n) is 13.8. The van der Waals surface area contributed by atoms with E-state index in [2.05, 4.69) is 28.1 Å². The molecule has 25 heavy (non-hydrogen) atoms. The fraction of sp³-hybridized carbons (Fsp3) is 0.250. The highest BCUT2D eigenvalue weighted by atomic mass is 15.1. The number of hydrogen-bond acceptors (Lipinski definition) is 4. The molecule has 2 heterocycles. The molecule has 1 aliphatic heterocycles. The summed E-state index contributed by atoms with van der Waals surface area (Å²) in [5.74, 6) is 1.15. The summed E-state index contributed by atoms with van der Waals surface area (Å²) in [4.78, 5) is 4.79. The van der Waals surface area contributed by atoms with Gasteiger partial charge in [-0.15, -0.1) is 0 Å². The minimum Gasteiger partial charge on any atom is -0.353 e. The smallest absolute Gasteiger partial charge is 0.109 e. The summed E-state index contributed by atoms with van der Waals surface area (Å²) in [5.41, 5.74) is 4.40. The molecule has 0 spiro atoms. The predicted molar refractivity (Wildman–Crippen MR) is 96.4 cm³/mol. The first-order valence-electron chi connectivity index (χ1n) is 8.49. The lowest BCUT2D eigenvalue weighted by Crippen LogP contribution is -2.00. The maximum Gasteiger partial charge on any atom is 0.109 e. The lowest BCUT2D eigenvalue weighted by molar-refractivity contribution is 0.647. The summed E-state index contributed by atoms with van der Waals surface area (Å²) in [6.07, 6.45) is 4.66. The third kappa shape index (κ3) is 2.70. The lowest BCUT2D eigenvalue weighted by atomic mass is 10.1. The van der Waals surface area contributed by atoms with Crippen LogP contribution in [0, 0.1) is 22.7 Å². The van der Waals surface area contributed by atoms with E-state index in [1.54, 1.807) is 18.2 Å². The molecular formula is C20H17N5. The van der Waals surface area contributed by atoms with Gasteiger partial charge in [0.25, 0.3) is 0 Å². The number of nitriles is 2. The molecule has 0 amide bonds. The van der Waals surface area contributed by atoms with E-state index in [-0.39, 0.29) is 0 Å². The minimum absolute atomic E-state index is 0.458. The van der Waals surface area contributed by atoms with Gasteiger partial charge in [-0.3, -0.25) is 0 Å². The van der Waals surface area contributed by atoms with Crippen molar-refractivity contribution >= 4 is 22.4 Å². The largest absolute Gasteiger partial charge is 0.353 e. The molecule has 0 fully saturated rings. The van der Waals surface area contributed by atoms with Crippen LogP contribution in [0.4, 0.5) is 11.4 Å². The van der Waals surface area contributed by atoms with Crippen LogP contribution in [0.15, 0.2) is 36.4 Å². The van der Waals surface area contributed by atoms with Crippen LogP contribution in [0.5, 0.6) is 0 Å². The Balaban J connectivity index is 1.75. The number of aryl methyl sites for hydroxylation is 2. The number of benzene rings is 2. The van der Waals surface area contributed by atoms with Crippen LogP contribution in [0.3, 0.4) is 0 Å². The van der Waals surface area contributed by atoms with Gasteiger partial charge in [0, 0.05) is 18.7 Å². The lowest BCUT2D eigenvalue weighted by Gasteiger charge is -2.10. The highest BCUT2D eigenvalue weighted by molar-refractivity contribution is 5.83. The Kier molecular flexibility index (Phi) is 3.84. The van der Waals surface area contributed by atoms with Crippen molar-refractivity contribution in [1.29, 1.82) is 10.5 Å². The average Bonchev–Trinajstić information content (AvgIpc) is 2.82. The molecule has 5 heteroatoms. The molecule has 122 valence electrons. The van der Waals surface area contributed by atoms with Crippen molar-refractivity contribution < 1.29 is 0 Å². The zero-order chi connectivity index (χ0) is 17.2. The average molecular weight is 327 g/mol. The van der Waals surface area contributed by atoms with Crippen molar-refractivity contribution in [1.82, 2.24) is 9.55 Å². The van der Waals surface area contributed by atoms with E-state index in [1.165, 1.54) is 19.3 Å². The van der Waals surface area contributed by atoms with Gasteiger partial charge >= 0.3 is 0 Å². The highest BCUT2D eigenvalue weighted by Gasteiger charge is 2.14. The normalized spacial score (nSPS) is 13.5. The zero-order valence-corrected chi connectivity index (χ0v) is 13.8. The van der Waals surface area contributed by atoms with E-state index in [9.17, 15) is 10.5 Å². The Morgan fingerprint density at radius 3 is 2.56 bits per heavy atom. The number of rotatable bonds is 2. The third-order valence-electron chi connectivity index (χ3n) is 4.68. The Labute approximate surface area is 146 Å². The van der Waals surface area contributed by atoms with Gasteiger partial charge in [-0.2, -0.15) is 10.5 Å². The van der Waals surface area contributed by atoms with Crippen LogP contribution in [-0.4, -0.2) is 9.55 Å². The number of anilines is 2. The van der Waals surface area contributed by atoms with Crippen LogP contribution >= 0.6 is 0 Å². The molecule has 1 aromatic heterocycles. The van der Waals surface area contributed by atoms with Gasteiger partial charge in [0.05, 0.1) is 27.8 Å². The number of hydrogen-bond donors (Lipinski definition) is 1. The molecule has 4 rings (SSSR count). The second kappa shape index (κ2) is 6.30. The van der Waals surface area contributed by atoms with Crippen molar-refractivity contribution in [3.8, 4) is 12.1 Å². The number of imidazole rings is 1. The molecule has 0 bridgehead atoms. The van der Waals surface area contributed by atoms with Crippen molar-refractivity contribution in [3.05, 3.63) is 53.3 Å². The van der Waals surface area contributed by atoms with E-state index in [4.69, 9.17) is 4.98 Å². The van der Waals surface area contributed by atoms with Gasteiger partial charge in [0.1, 0.15) is 18.0 Å². The van der Waals surface area contributed by atoms with E-state index in [0.717, 1.165) is 35.5 Å². The van der Waals surface area contributed by atoms with E-state index in [1.807, 2.05) is 12.1 Å². The SMILES string of the molecule is N#Cc1cccc(C#N)c1Nc1ccc2c(c1)nc1n2CCCCC1. The van der Waals surface area contributed by atoms with Crippen molar-refractivity contribution in [3.63, 3.8) is 0 Å². The van der Waals surface area contributed by atoms with Crippen molar-refractivity contribution in [2.75, 3.05) is 5.32 Å². The molecule has 1 N–H and O–H groups in total. The summed E-state index contributed by atoms with van der Waals surface area (Å²) >= 11 is 0. The van der Waals surface area contributed by atoms with Gasteiger partial charge in [0.2, 0.25) is 0 Å². The molecule has 2 aromatic carbocycles. The second-order valence-electron chi connectivity index (χ2n) is 6.27. The van der Waals surface area contributed by atoms with E-state index < -0.39 is 0 Å². The Hall–Kier alpha value is -3.31. The maximum atomic E-state index is 9.31. The van der Waals surface area contributed by atoms with E-state index in [0.29, 0.717) is 16.8 Å². The molecule has 3 aromatic rings. The van der Waals surface area contributed by atoms with Crippen LogP contribution in [0.1, 0.15) is 36.2 Å². The molecule has 0 radical (unpaired) electrons. The van der Waals surface area contributed by atoms with Crippen LogP contribution in [0.25, 0.3) is 11.0 Å². The molecule has 5 nitrogen and oxygen atoms in total. The maximum absolute atomic E-state index is 9.31. The summed E-state index contributed by atoms with van der Waals surface area (Å²) in [6, 6.07) is 15.5. The number of para-hydroxylation sites is 1. The molecule has 0 aliphatic carbocycles. The monoisotopic (exact) mass is 327 g/mol.